The van der Waals surface area contributed by atoms with Gasteiger partial charge >= 0.3 is 0 Å². The van der Waals surface area contributed by atoms with E-state index in [0.29, 0.717) is 18.0 Å². The number of anilines is 2. The van der Waals surface area contributed by atoms with Gasteiger partial charge in [-0.1, -0.05) is 61.5 Å². The van der Waals surface area contributed by atoms with Gasteiger partial charge in [0.05, 0.1) is 43.3 Å². The molecule has 7 nitrogen and oxygen atoms in total. The summed E-state index contributed by atoms with van der Waals surface area (Å²) in [6.45, 7) is 6.37. The molecule has 0 unspecified atom stereocenters. The van der Waals surface area contributed by atoms with Crippen molar-refractivity contribution in [2.45, 2.75) is 42.4 Å². The van der Waals surface area contributed by atoms with Crippen LogP contribution < -0.4 is 14.4 Å². The molecular formula is C37H47N5O2S2+2. The summed E-state index contributed by atoms with van der Waals surface area (Å²) in [5.41, 5.74) is 4.47. The van der Waals surface area contributed by atoms with E-state index in [1.165, 1.54) is 11.2 Å². The Bertz CT molecular complexity index is 1850. The van der Waals surface area contributed by atoms with E-state index in [4.69, 9.17) is 0 Å². The topological polar surface area (TPSA) is 47.7 Å². The van der Waals surface area contributed by atoms with Crippen LogP contribution in [-0.2, 0) is 10.0 Å². The zero-order valence-electron chi connectivity index (χ0n) is 27.8. The fourth-order valence-electron chi connectivity index (χ4n) is 6.38. The van der Waals surface area contributed by atoms with Crippen LogP contribution in [0.25, 0.3) is 22.7 Å². The quantitative estimate of drug-likeness (QED) is 0.140. The lowest BCUT2D eigenvalue weighted by Gasteiger charge is -2.27. The minimum absolute atomic E-state index is 0.388. The zero-order chi connectivity index (χ0) is 32.5. The van der Waals surface area contributed by atoms with Gasteiger partial charge in [0, 0.05) is 36.5 Å². The minimum Gasteiger partial charge on any atom is -0.338 e. The van der Waals surface area contributed by atoms with Gasteiger partial charge in [-0.05, 0) is 67.3 Å². The number of nitrogens with zero attached hydrogens (tertiary/aromatic N) is 5. The normalized spacial score (nSPS) is 16.7. The highest BCUT2D eigenvalue weighted by Gasteiger charge is 2.31. The summed E-state index contributed by atoms with van der Waals surface area (Å²) < 4.78 is 31.9. The van der Waals surface area contributed by atoms with Gasteiger partial charge in [-0.2, -0.15) is 8.87 Å². The van der Waals surface area contributed by atoms with Crippen molar-refractivity contribution in [1.29, 1.82) is 0 Å². The number of fused-ring (bicyclic) bond motifs is 2. The zero-order valence-corrected chi connectivity index (χ0v) is 29.4. The van der Waals surface area contributed by atoms with Crippen LogP contribution in [-0.4, -0.2) is 78.1 Å². The van der Waals surface area contributed by atoms with Crippen LogP contribution in [0.1, 0.15) is 38.2 Å². The SMILES string of the molecule is CCCN(CC[N+](C)(C)C)c1cc(C=C2Sc3cc(S(=O)(=O)N4CCCCC4)ccc3N2C)c2ccccc2[n+]1-c1ccccc1. The van der Waals surface area contributed by atoms with Gasteiger partial charge in [0.1, 0.15) is 24.3 Å². The Morgan fingerprint density at radius 3 is 2.35 bits per heavy atom. The molecule has 1 fully saturated rings. The number of piperidine rings is 1. The van der Waals surface area contributed by atoms with Crippen molar-refractivity contribution < 1.29 is 17.5 Å². The molecule has 0 saturated carbocycles. The van der Waals surface area contributed by atoms with E-state index < -0.39 is 10.0 Å². The number of hydrogen-bond donors (Lipinski definition) is 0. The Balaban J connectivity index is 1.45. The molecule has 0 aliphatic carbocycles. The second-order valence-electron chi connectivity index (χ2n) is 13.4. The van der Waals surface area contributed by atoms with E-state index in [1.54, 1.807) is 22.1 Å². The van der Waals surface area contributed by atoms with Crippen LogP contribution in [0.5, 0.6) is 0 Å². The van der Waals surface area contributed by atoms with E-state index in [2.05, 4.69) is 116 Å². The Morgan fingerprint density at radius 1 is 0.913 bits per heavy atom. The Morgan fingerprint density at radius 2 is 1.63 bits per heavy atom. The van der Waals surface area contributed by atoms with Gasteiger partial charge in [0.2, 0.25) is 10.0 Å². The third-order valence-electron chi connectivity index (χ3n) is 8.91. The average Bonchev–Trinajstić information content (AvgIpc) is 3.37. The molecule has 0 N–H and O–H groups in total. The van der Waals surface area contributed by atoms with Gasteiger partial charge in [0.15, 0.2) is 0 Å². The molecule has 0 spiro atoms. The molecule has 1 aromatic heterocycles. The Kier molecular flexibility index (Phi) is 9.48. The van der Waals surface area contributed by atoms with Crippen molar-refractivity contribution in [2.24, 2.45) is 0 Å². The van der Waals surface area contributed by atoms with Crippen LogP contribution in [0.15, 0.2) is 93.7 Å². The van der Waals surface area contributed by atoms with Crippen LogP contribution in [0, 0.1) is 0 Å². The summed E-state index contributed by atoms with van der Waals surface area (Å²) in [6, 6.07) is 27.3. The number of quaternary nitrogens is 1. The number of aromatic nitrogens is 1. The molecule has 3 aromatic carbocycles. The van der Waals surface area contributed by atoms with Crippen molar-refractivity contribution >= 4 is 50.3 Å². The Labute approximate surface area is 279 Å². The van der Waals surface area contributed by atoms with E-state index in [9.17, 15) is 8.42 Å². The summed E-state index contributed by atoms with van der Waals surface area (Å²) in [7, 11) is 5.32. The predicted octanol–water partition coefficient (Wildman–Crippen LogP) is 6.75. The minimum atomic E-state index is -3.50. The van der Waals surface area contributed by atoms with Gasteiger partial charge in [-0.25, -0.2) is 8.42 Å². The van der Waals surface area contributed by atoms with Crippen LogP contribution >= 0.6 is 11.8 Å². The molecule has 46 heavy (non-hydrogen) atoms. The number of rotatable bonds is 10. The molecule has 0 amide bonds. The highest BCUT2D eigenvalue weighted by molar-refractivity contribution is 8.04. The molecule has 3 heterocycles. The van der Waals surface area contributed by atoms with Gasteiger partial charge in [-0.15, -0.1) is 0 Å². The summed E-state index contributed by atoms with van der Waals surface area (Å²) >= 11 is 1.64. The summed E-state index contributed by atoms with van der Waals surface area (Å²) in [5.74, 6) is 1.17. The summed E-state index contributed by atoms with van der Waals surface area (Å²) in [5, 5.41) is 2.24. The highest BCUT2D eigenvalue weighted by atomic mass is 32.2. The lowest BCUT2D eigenvalue weighted by Crippen LogP contribution is -2.47. The molecule has 0 atom stereocenters. The first kappa shape index (κ1) is 32.6. The van der Waals surface area contributed by atoms with E-state index >= 15 is 0 Å². The van der Waals surface area contributed by atoms with Crippen molar-refractivity contribution in [3.8, 4) is 5.69 Å². The standard InChI is InChI=1S/C37H47N5O2S2/c1-6-21-39(24-25-42(3,4)5)36-26-29(32-17-11-12-18-33(32)41(36)30-15-9-7-10-16-30)27-37-38(2)34-20-19-31(28-35(34)45-37)46(43,44)40-22-13-8-14-23-40/h7,9-12,15-20,26-28H,6,8,13-14,21-25H2,1-5H3/q+2. The van der Waals surface area contributed by atoms with Gasteiger partial charge < -0.3 is 9.38 Å². The first-order valence-corrected chi connectivity index (χ1v) is 18.7. The van der Waals surface area contributed by atoms with Crippen LogP contribution in [0.4, 0.5) is 11.5 Å². The molecule has 6 rings (SSSR count). The maximum absolute atomic E-state index is 13.5. The van der Waals surface area contributed by atoms with E-state index in [0.717, 1.165) is 82.2 Å². The van der Waals surface area contributed by atoms with E-state index in [-0.39, 0.29) is 0 Å². The third-order valence-corrected chi connectivity index (χ3v) is 12.0. The molecule has 2 aliphatic rings. The monoisotopic (exact) mass is 657 g/mol. The number of hydrogen-bond acceptors (Lipinski definition) is 5. The number of pyridine rings is 1. The number of likely N-dealkylation sites (N-methyl/N-ethyl adjacent to an activating group) is 1. The molecule has 0 radical (unpaired) electrons. The first-order chi connectivity index (χ1) is 22.1. The molecule has 4 aromatic rings. The molecule has 9 heteroatoms. The van der Waals surface area contributed by atoms with Gasteiger partial charge in [0.25, 0.3) is 5.82 Å². The highest BCUT2D eigenvalue weighted by Crippen LogP contribution is 2.47. The largest absolute Gasteiger partial charge is 0.338 e. The summed E-state index contributed by atoms with van der Waals surface area (Å²) in [4.78, 5) is 6.08. The second-order valence-corrected chi connectivity index (χ2v) is 16.4. The Hall–Kier alpha value is -3.37. The first-order valence-electron chi connectivity index (χ1n) is 16.4. The molecule has 242 valence electrons. The van der Waals surface area contributed by atoms with Crippen molar-refractivity contribution in [3.63, 3.8) is 0 Å². The average molecular weight is 658 g/mol. The lowest BCUT2D eigenvalue weighted by molar-refractivity contribution is -0.868. The molecular weight excluding hydrogens is 611 g/mol. The van der Waals surface area contributed by atoms with Gasteiger partial charge in [-0.3, -0.25) is 4.90 Å². The molecule has 1 saturated heterocycles. The van der Waals surface area contributed by atoms with E-state index in [1.807, 2.05) is 12.1 Å². The lowest BCUT2D eigenvalue weighted by atomic mass is 10.1. The smallest absolute Gasteiger partial charge is 0.283 e. The van der Waals surface area contributed by atoms with Crippen LogP contribution in [0.3, 0.4) is 0 Å². The maximum atomic E-state index is 13.5. The fraction of sp³-hybridized carbons (Fsp3) is 0.378. The fourth-order valence-corrected chi connectivity index (χ4v) is 9.14. The summed E-state index contributed by atoms with van der Waals surface area (Å²) in [6.07, 6.45) is 6.27. The van der Waals surface area contributed by atoms with Crippen molar-refractivity contribution in [3.05, 3.63) is 89.5 Å². The second kappa shape index (κ2) is 13.4. The maximum Gasteiger partial charge on any atom is 0.283 e. The van der Waals surface area contributed by atoms with Crippen molar-refractivity contribution in [2.75, 3.05) is 70.7 Å². The number of thioether (sulfide) groups is 1. The molecule has 0 bridgehead atoms. The third kappa shape index (κ3) is 6.69. The number of sulfonamides is 1. The van der Waals surface area contributed by atoms with Crippen molar-refractivity contribution in [1.82, 2.24) is 4.31 Å². The number of benzene rings is 3. The van der Waals surface area contributed by atoms with Crippen LogP contribution in [0.2, 0.25) is 0 Å². The predicted molar refractivity (Wildman–Crippen MR) is 192 cm³/mol. The number of para-hydroxylation sites is 2. The molecule has 2 aliphatic heterocycles.